The zero-order valence-electron chi connectivity index (χ0n) is 18.5. The quantitative estimate of drug-likeness (QED) is 0.324. The van der Waals surface area contributed by atoms with Gasteiger partial charge in [-0.2, -0.15) is 5.10 Å². The summed E-state index contributed by atoms with van der Waals surface area (Å²) in [6.07, 6.45) is 5.76. The normalized spacial score (nSPS) is 16.1. The minimum Gasteiger partial charge on any atom is -0.473 e. The Balaban J connectivity index is 1.54. The van der Waals surface area contributed by atoms with Crippen molar-refractivity contribution in [3.63, 3.8) is 0 Å². The summed E-state index contributed by atoms with van der Waals surface area (Å²) in [6, 6.07) is 7.08. The molecule has 3 N–H and O–H groups in total. The van der Waals surface area contributed by atoms with E-state index in [4.69, 9.17) is 21.3 Å². The number of halogens is 2. The first-order chi connectivity index (χ1) is 17.0. The highest BCUT2D eigenvalue weighted by molar-refractivity contribution is 6.38. The Morgan fingerprint density at radius 1 is 1.17 bits per heavy atom. The van der Waals surface area contributed by atoms with E-state index in [0.29, 0.717) is 33.2 Å². The zero-order chi connectivity index (χ0) is 24.1. The molecule has 5 heterocycles. The highest BCUT2D eigenvalue weighted by Crippen LogP contribution is 2.37. The number of benzene rings is 1. The van der Waals surface area contributed by atoms with Gasteiger partial charge >= 0.3 is 0 Å². The van der Waals surface area contributed by atoms with Gasteiger partial charge in [-0.1, -0.05) is 17.7 Å². The van der Waals surface area contributed by atoms with Crippen LogP contribution in [0.4, 0.5) is 10.2 Å². The zero-order valence-corrected chi connectivity index (χ0v) is 19.2. The predicted octanol–water partition coefficient (Wildman–Crippen LogP) is 4.19. The van der Waals surface area contributed by atoms with Crippen LogP contribution in [0, 0.1) is 5.82 Å². The van der Waals surface area contributed by atoms with Crippen molar-refractivity contribution < 1.29 is 13.9 Å². The van der Waals surface area contributed by atoms with Gasteiger partial charge < -0.3 is 20.4 Å². The van der Waals surface area contributed by atoms with E-state index in [0.717, 1.165) is 22.7 Å². The van der Waals surface area contributed by atoms with Gasteiger partial charge in [0.15, 0.2) is 5.65 Å². The molecule has 0 saturated heterocycles. The Hall–Kier alpha value is -4.18. The Labute approximate surface area is 203 Å². The minimum atomic E-state index is -0.484. The maximum Gasteiger partial charge on any atom is 0.256 e. The molecular weight excluding hydrogens is 473 g/mol. The number of aromatic nitrogens is 5. The topological polar surface area (TPSA) is 109 Å². The van der Waals surface area contributed by atoms with E-state index in [1.807, 2.05) is 24.4 Å². The monoisotopic (exact) mass is 491 g/mol. The third kappa shape index (κ3) is 3.71. The molecule has 0 unspecified atom stereocenters. The van der Waals surface area contributed by atoms with Crippen LogP contribution in [0.1, 0.15) is 22.8 Å². The van der Waals surface area contributed by atoms with Crippen molar-refractivity contribution in [2.75, 3.05) is 11.9 Å². The standard InChI is InChI=1S/C24H19ClFN7O2/c1-12-7-29-23(34)17-10-31-33-11-18(15-2-3-19-16(20(15)25)4-5-27-19)21(32-22(17)33)28-8-13-6-14(26)9-30-24(13)35-12/h2-6,9-12,27H,7-8H2,1H3,(H,28,32)(H,29,34)/t12-/m0/s1. The molecule has 2 bridgehead atoms. The molecule has 1 amide bonds. The van der Waals surface area contributed by atoms with Crippen molar-refractivity contribution in [2.45, 2.75) is 19.6 Å². The first kappa shape index (κ1) is 21.4. The Morgan fingerprint density at radius 3 is 2.94 bits per heavy atom. The molecule has 1 aliphatic rings. The van der Waals surface area contributed by atoms with E-state index < -0.39 is 11.9 Å². The molecule has 1 aliphatic heterocycles. The van der Waals surface area contributed by atoms with E-state index in [1.165, 1.54) is 12.3 Å². The van der Waals surface area contributed by atoms with Crippen molar-refractivity contribution in [3.05, 3.63) is 71.0 Å². The van der Waals surface area contributed by atoms with Crippen LogP contribution in [0.5, 0.6) is 5.88 Å². The number of carbonyl (C=O) groups excluding carboxylic acids is 1. The molecule has 0 spiro atoms. The summed E-state index contributed by atoms with van der Waals surface area (Å²) < 4.78 is 21.5. The summed E-state index contributed by atoms with van der Waals surface area (Å²) in [4.78, 5) is 24.9. The number of aromatic amines is 1. The molecule has 11 heteroatoms. The molecule has 1 aromatic carbocycles. The van der Waals surface area contributed by atoms with Crippen LogP contribution in [0.25, 0.3) is 27.7 Å². The fourth-order valence-corrected chi connectivity index (χ4v) is 4.48. The number of H-pyrrole nitrogens is 1. The lowest BCUT2D eigenvalue weighted by molar-refractivity contribution is 0.0932. The number of nitrogens with zero attached hydrogens (tertiary/aromatic N) is 4. The van der Waals surface area contributed by atoms with Crippen molar-refractivity contribution in [3.8, 4) is 17.0 Å². The van der Waals surface area contributed by atoms with Crippen LogP contribution in [0.3, 0.4) is 0 Å². The van der Waals surface area contributed by atoms with Crippen molar-refractivity contribution in [1.82, 2.24) is 29.9 Å². The molecule has 4 aromatic heterocycles. The van der Waals surface area contributed by atoms with Gasteiger partial charge in [-0.25, -0.2) is 18.9 Å². The molecule has 0 radical (unpaired) electrons. The Kier molecular flexibility index (Phi) is 5.03. The first-order valence-corrected chi connectivity index (χ1v) is 11.3. The lowest BCUT2D eigenvalue weighted by Crippen LogP contribution is -2.33. The molecular formula is C24H19ClFN7O2. The van der Waals surface area contributed by atoms with E-state index in [2.05, 4.69) is 25.7 Å². The summed E-state index contributed by atoms with van der Waals surface area (Å²) >= 11 is 6.78. The van der Waals surface area contributed by atoms with Crippen LogP contribution < -0.4 is 15.4 Å². The number of anilines is 1. The van der Waals surface area contributed by atoms with Crippen LogP contribution in [-0.2, 0) is 6.54 Å². The third-order valence-corrected chi connectivity index (χ3v) is 6.31. The number of rotatable bonds is 1. The van der Waals surface area contributed by atoms with E-state index in [1.54, 1.807) is 17.6 Å². The van der Waals surface area contributed by atoms with Gasteiger partial charge in [0.05, 0.1) is 24.0 Å². The minimum absolute atomic E-state index is 0.178. The molecule has 0 saturated carbocycles. The third-order valence-electron chi connectivity index (χ3n) is 5.90. The number of hydrogen-bond donors (Lipinski definition) is 3. The van der Waals surface area contributed by atoms with Crippen LogP contribution in [0.15, 0.2) is 49.1 Å². The second-order valence-corrected chi connectivity index (χ2v) is 8.68. The molecule has 35 heavy (non-hydrogen) atoms. The van der Waals surface area contributed by atoms with Crippen LogP contribution in [0.2, 0.25) is 5.02 Å². The second-order valence-electron chi connectivity index (χ2n) is 8.31. The summed E-state index contributed by atoms with van der Waals surface area (Å²) in [7, 11) is 0. The van der Waals surface area contributed by atoms with E-state index in [9.17, 15) is 9.18 Å². The Morgan fingerprint density at radius 2 is 2.06 bits per heavy atom. The summed E-state index contributed by atoms with van der Waals surface area (Å²) in [6.45, 7) is 2.20. The summed E-state index contributed by atoms with van der Waals surface area (Å²) in [5.41, 5.74) is 3.49. The summed E-state index contributed by atoms with van der Waals surface area (Å²) in [5.74, 6) is -0.0920. The highest BCUT2D eigenvalue weighted by Gasteiger charge is 2.22. The molecule has 0 aliphatic carbocycles. The first-order valence-electron chi connectivity index (χ1n) is 11.0. The van der Waals surface area contributed by atoms with Gasteiger partial charge in [0, 0.05) is 46.5 Å². The van der Waals surface area contributed by atoms with Gasteiger partial charge in [0.25, 0.3) is 5.91 Å². The van der Waals surface area contributed by atoms with Crippen LogP contribution >= 0.6 is 11.6 Å². The number of fused-ring (bicyclic) bond motifs is 3. The fourth-order valence-electron chi connectivity index (χ4n) is 4.15. The smallest absolute Gasteiger partial charge is 0.256 e. The lowest BCUT2D eigenvalue weighted by Gasteiger charge is -2.17. The maximum absolute atomic E-state index is 14.0. The molecule has 5 aromatic rings. The van der Waals surface area contributed by atoms with Crippen LogP contribution in [-0.4, -0.2) is 43.1 Å². The fraction of sp³-hybridized carbons (Fsp3) is 0.167. The number of nitrogens with one attached hydrogen (secondary N) is 3. The van der Waals surface area contributed by atoms with Crippen molar-refractivity contribution in [2.24, 2.45) is 0 Å². The van der Waals surface area contributed by atoms with Gasteiger partial charge in [0.1, 0.15) is 23.3 Å². The summed E-state index contributed by atoms with van der Waals surface area (Å²) in [5, 5.41) is 11.9. The van der Waals surface area contributed by atoms with Gasteiger partial charge in [0.2, 0.25) is 5.88 Å². The van der Waals surface area contributed by atoms with E-state index >= 15 is 0 Å². The SMILES string of the molecule is C[C@H]1CNC(=O)c2cnn3cc(-c4ccc5[nH]ccc5c4Cl)c(nc23)NCc2cc(F)cnc2O1. The molecule has 1 atom stereocenters. The largest absolute Gasteiger partial charge is 0.473 e. The second kappa shape index (κ2) is 8.24. The molecule has 176 valence electrons. The van der Waals surface area contributed by atoms with Gasteiger partial charge in [-0.15, -0.1) is 0 Å². The van der Waals surface area contributed by atoms with Gasteiger partial charge in [-0.3, -0.25) is 4.79 Å². The lowest BCUT2D eigenvalue weighted by atomic mass is 10.1. The van der Waals surface area contributed by atoms with E-state index in [-0.39, 0.29) is 24.9 Å². The highest BCUT2D eigenvalue weighted by atomic mass is 35.5. The Bertz CT molecular complexity index is 1610. The predicted molar refractivity (Wildman–Crippen MR) is 129 cm³/mol. The molecule has 0 fully saturated rings. The van der Waals surface area contributed by atoms with Crippen molar-refractivity contribution in [1.29, 1.82) is 0 Å². The molecule has 9 nitrogen and oxygen atoms in total. The number of pyridine rings is 1. The average molecular weight is 492 g/mol. The number of carbonyl (C=O) groups is 1. The van der Waals surface area contributed by atoms with Crippen molar-refractivity contribution >= 4 is 39.9 Å². The number of amides is 1. The number of ether oxygens (including phenoxy) is 1. The number of hydrogen-bond acceptors (Lipinski definition) is 6. The molecule has 6 rings (SSSR count). The average Bonchev–Trinajstić information content (AvgIpc) is 3.49. The maximum atomic E-state index is 14.0. The van der Waals surface area contributed by atoms with Gasteiger partial charge in [-0.05, 0) is 25.1 Å².